The molecular formula is C35H39N5O7. The minimum absolute atomic E-state index is 0.0793. The summed E-state index contributed by atoms with van der Waals surface area (Å²) in [6.45, 7) is 2.87. The average Bonchev–Trinajstić information content (AvgIpc) is 3.07. The van der Waals surface area contributed by atoms with Gasteiger partial charge in [-0.15, -0.1) is 0 Å². The third-order valence-electron chi connectivity index (χ3n) is 12.4. The van der Waals surface area contributed by atoms with Crippen LogP contribution in [0.15, 0.2) is 36.4 Å². The molecule has 3 saturated heterocycles. The number of nitro benzene ring substituents is 1. The van der Waals surface area contributed by atoms with Gasteiger partial charge in [0.25, 0.3) is 11.6 Å². The van der Waals surface area contributed by atoms with E-state index >= 15 is 0 Å². The van der Waals surface area contributed by atoms with Crippen LogP contribution >= 0.6 is 0 Å². The molecule has 2 aromatic rings. The zero-order valence-corrected chi connectivity index (χ0v) is 26.3. The number of morpholine rings is 2. The highest BCUT2D eigenvalue weighted by Gasteiger charge is 2.63. The number of carbonyl (C=O) groups excluding carboxylic acids is 3. The maximum Gasteiger partial charge on any atom is 0.335 e. The normalized spacial score (nSPS) is 34.4. The zero-order valence-electron chi connectivity index (χ0n) is 26.3. The number of rotatable bonds is 4. The van der Waals surface area contributed by atoms with Gasteiger partial charge < -0.3 is 19.3 Å². The second kappa shape index (κ2) is 10.5. The van der Waals surface area contributed by atoms with E-state index < -0.39 is 34.2 Å². The molecule has 1 spiro atoms. The summed E-state index contributed by atoms with van der Waals surface area (Å²) in [7, 11) is 0. The monoisotopic (exact) mass is 641 g/mol. The Morgan fingerprint density at radius 3 is 2.17 bits per heavy atom. The van der Waals surface area contributed by atoms with E-state index in [1.54, 1.807) is 0 Å². The van der Waals surface area contributed by atoms with Crippen molar-refractivity contribution >= 4 is 40.6 Å². The molecule has 0 radical (unpaired) electrons. The maximum atomic E-state index is 14.7. The molecule has 4 aliphatic carbocycles. The SMILES string of the molecule is O=C1NC(=O)C2(Cc3cc([N+](=O)[O-])c(N4CCOCC4)cc3N3CCOCC32)C(=O)N1c1ccc(C23CC4CC(CC(C4)C2)C3)cc1. The third-order valence-corrected chi connectivity index (χ3v) is 12.4. The van der Waals surface area contributed by atoms with Gasteiger partial charge in [-0.05, 0) is 91.0 Å². The predicted octanol–water partition coefficient (Wildman–Crippen LogP) is 3.93. The van der Waals surface area contributed by atoms with Gasteiger partial charge in [0, 0.05) is 37.8 Å². The van der Waals surface area contributed by atoms with Gasteiger partial charge in [0.2, 0.25) is 5.91 Å². The van der Waals surface area contributed by atoms with Crippen molar-refractivity contribution in [1.82, 2.24) is 5.32 Å². The first-order valence-corrected chi connectivity index (χ1v) is 17.0. The first kappa shape index (κ1) is 29.1. The number of nitrogens with zero attached hydrogens (tertiary/aromatic N) is 4. The fourth-order valence-corrected chi connectivity index (χ4v) is 10.7. The molecule has 1 N–H and O–H groups in total. The van der Waals surface area contributed by atoms with Crippen molar-refractivity contribution in [3.8, 4) is 0 Å². The molecule has 2 unspecified atom stereocenters. The van der Waals surface area contributed by atoms with Gasteiger partial charge >= 0.3 is 6.03 Å². The number of anilines is 3. The number of carbonyl (C=O) groups is 3. The first-order chi connectivity index (χ1) is 22.8. The Morgan fingerprint density at radius 1 is 0.851 bits per heavy atom. The van der Waals surface area contributed by atoms with Crippen molar-refractivity contribution in [2.24, 2.45) is 23.2 Å². The summed E-state index contributed by atoms with van der Waals surface area (Å²) in [6.07, 6.45) is 7.56. The summed E-state index contributed by atoms with van der Waals surface area (Å²) in [4.78, 5) is 59.1. The summed E-state index contributed by atoms with van der Waals surface area (Å²) in [6, 6.07) is 9.70. The second-order valence-corrected chi connectivity index (χ2v) is 14.9. The molecule has 4 heterocycles. The van der Waals surface area contributed by atoms with E-state index in [1.807, 2.05) is 28.0 Å². The zero-order chi connectivity index (χ0) is 32.1. The summed E-state index contributed by atoms with van der Waals surface area (Å²) in [5, 5.41) is 14.8. The Kier molecular flexibility index (Phi) is 6.50. The van der Waals surface area contributed by atoms with Crippen molar-refractivity contribution in [2.75, 3.05) is 60.8 Å². The van der Waals surface area contributed by atoms with E-state index in [4.69, 9.17) is 9.47 Å². The van der Waals surface area contributed by atoms with Gasteiger partial charge in [0.1, 0.15) is 5.69 Å². The lowest BCUT2D eigenvalue weighted by atomic mass is 9.48. The third kappa shape index (κ3) is 4.29. The number of amides is 4. The van der Waals surface area contributed by atoms with Crippen LogP contribution in [0.2, 0.25) is 0 Å². The number of hydrogen-bond acceptors (Lipinski definition) is 9. The molecule has 12 nitrogen and oxygen atoms in total. The number of benzene rings is 2. The van der Waals surface area contributed by atoms with Crippen molar-refractivity contribution < 1.29 is 28.8 Å². The first-order valence-electron chi connectivity index (χ1n) is 17.0. The Morgan fingerprint density at radius 2 is 1.51 bits per heavy atom. The van der Waals surface area contributed by atoms with Crippen molar-refractivity contribution in [1.29, 1.82) is 0 Å². The predicted molar refractivity (Wildman–Crippen MR) is 172 cm³/mol. The fraction of sp³-hybridized carbons (Fsp3) is 0.571. The van der Waals surface area contributed by atoms with Crippen LogP contribution in [0.1, 0.15) is 49.7 Å². The van der Waals surface area contributed by atoms with Crippen LogP contribution in [0.4, 0.5) is 27.5 Å². The molecule has 7 fully saturated rings. The average molecular weight is 642 g/mol. The minimum Gasteiger partial charge on any atom is -0.378 e. The number of barbiturate groups is 1. The molecule has 8 aliphatic rings. The van der Waals surface area contributed by atoms with E-state index in [1.165, 1.54) is 50.2 Å². The van der Waals surface area contributed by atoms with Crippen molar-refractivity contribution in [3.05, 3.63) is 57.6 Å². The largest absolute Gasteiger partial charge is 0.378 e. The molecule has 246 valence electrons. The Balaban J connectivity index is 1.09. The molecule has 4 amide bonds. The number of ether oxygens (including phenoxy) is 2. The van der Waals surface area contributed by atoms with Crippen LogP contribution in [-0.4, -0.2) is 74.9 Å². The minimum atomic E-state index is -1.71. The number of hydrogen-bond donors (Lipinski definition) is 1. The quantitative estimate of drug-likeness (QED) is 0.299. The van der Waals surface area contributed by atoms with E-state index in [9.17, 15) is 24.5 Å². The number of nitrogens with one attached hydrogen (secondary N) is 1. The molecule has 4 bridgehead atoms. The molecule has 4 aliphatic heterocycles. The van der Waals surface area contributed by atoms with Gasteiger partial charge in [0.15, 0.2) is 5.41 Å². The van der Waals surface area contributed by atoms with Crippen LogP contribution in [0.3, 0.4) is 0 Å². The molecule has 47 heavy (non-hydrogen) atoms. The molecular weight excluding hydrogens is 602 g/mol. The van der Waals surface area contributed by atoms with E-state index in [0.29, 0.717) is 56.4 Å². The summed E-state index contributed by atoms with van der Waals surface area (Å²) in [5.41, 5.74) is 1.84. The lowest BCUT2D eigenvalue weighted by Crippen LogP contribution is -2.74. The molecule has 2 atom stereocenters. The Hall–Kier alpha value is -4.03. The second-order valence-electron chi connectivity index (χ2n) is 14.9. The van der Waals surface area contributed by atoms with Gasteiger partial charge in [-0.25, -0.2) is 9.69 Å². The molecule has 10 rings (SSSR count). The van der Waals surface area contributed by atoms with Gasteiger partial charge in [-0.3, -0.25) is 25.0 Å². The fourth-order valence-electron chi connectivity index (χ4n) is 10.7. The van der Waals surface area contributed by atoms with Crippen LogP contribution < -0.4 is 20.0 Å². The van der Waals surface area contributed by atoms with Gasteiger partial charge in [0.05, 0.1) is 43.1 Å². The van der Waals surface area contributed by atoms with Gasteiger partial charge in [-0.2, -0.15) is 0 Å². The standard InChI is InChI=1S/C35H39N5O7/c41-31-35(19-24-14-29(40(44)45)28(37-5-8-46-9-6-37)15-27(24)38-7-10-47-20-30(35)38)32(42)39(33(43)36-31)26-3-1-25(2-4-26)34-16-21-11-22(17-34)13-23(12-21)18-34/h1-4,14-15,21-23,30H,5-13,16-20H2,(H,36,41,43). The topological polar surface area (TPSA) is 135 Å². The molecule has 2 aromatic carbocycles. The van der Waals surface area contributed by atoms with Crippen LogP contribution in [0.5, 0.6) is 0 Å². The number of imide groups is 2. The van der Waals surface area contributed by atoms with Crippen LogP contribution in [-0.2, 0) is 30.9 Å². The lowest BCUT2D eigenvalue weighted by Gasteiger charge is -2.57. The Labute approximate surface area is 272 Å². The van der Waals surface area contributed by atoms with E-state index in [-0.39, 0.29) is 24.1 Å². The summed E-state index contributed by atoms with van der Waals surface area (Å²) < 4.78 is 11.4. The molecule has 12 heteroatoms. The number of nitro groups is 1. The number of urea groups is 1. The summed E-state index contributed by atoms with van der Waals surface area (Å²) >= 11 is 0. The highest BCUT2D eigenvalue weighted by molar-refractivity contribution is 6.30. The van der Waals surface area contributed by atoms with Crippen molar-refractivity contribution in [2.45, 2.75) is 56.4 Å². The Bertz CT molecular complexity index is 1650. The highest BCUT2D eigenvalue weighted by atomic mass is 16.6. The smallest absolute Gasteiger partial charge is 0.335 e. The van der Waals surface area contributed by atoms with Gasteiger partial charge in [-0.1, -0.05) is 12.1 Å². The van der Waals surface area contributed by atoms with Crippen molar-refractivity contribution in [3.63, 3.8) is 0 Å². The van der Waals surface area contributed by atoms with Crippen LogP contribution in [0, 0.1) is 33.3 Å². The highest BCUT2D eigenvalue weighted by Crippen LogP contribution is 2.61. The lowest BCUT2D eigenvalue weighted by molar-refractivity contribution is -0.384. The summed E-state index contributed by atoms with van der Waals surface area (Å²) in [5.74, 6) is 1.05. The number of fused-ring (bicyclic) bond motifs is 4. The van der Waals surface area contributed by atoms with Crippen LogP contribution in [0.25, 0.3) is 0 Å². The van der Waals surface area contributed by atoms with E-state index in [0.717, 1.165) is 28.3 Å². The maximum absolute atomic E-state index is 14.7. The molecule has 4 saturated carbocycles. The van der Waals surface area contributed by atoms with E-state index in [2.05, 4.69) is 17.4 Å². The molecule has 0 aromatic heterocycles.